The Kier molecular flexibility index (Phi) is 3.53. The molecule has 2 aromatic carbocycles. The molecule has 0 amide bonds. The average molecular weight is 274 g/mol. The van der Waals surface area contributed by atoms with Gasteiger partial charge in [-0.1, -0.05) is 48.5 Å². The van der Waals surface area contributed by atoms with Crippen LogP contribution >= 0.6 is 0 Å². The molecule has 0 fully saturated rings. The van der Waals surface area contributed by atoms with E-state index >= 15 is 0 Å². The van der Waals surface area contributed by atoms with E-state index in [2.05, 4.69) is 11.4 Å². The second kappa shape index (κ2) is 5.64. The maximum atomic E-state index is 12.1. The van der Waals surface area contributed by atoms with Gasteiger partial charge in [0.25, 0.3) is 0 Å². The van der Waals surface area contributed by atoms with Crippen molar-refractivity contribution in [2.24, 2.45) is 0 Å². The first kappa shape index (κ1) is 13.1. The molecule has 0 radical (unpaired) electrons. The Balaban J connectivity index is 1.90. The lowest BCUT2D eigenvalue weighted by atomic mass is 9.92. The van der Waals surface area contributed by atoms with Crippen LogP contribution in [0.2, 0.25) is 0 Å². The number of allylic oxidation sites excluding steroid dienone is 1. The van der Waals surface area contributed by atoms with Crippen LogP contribution in [0.4, 0.5) is 5.69 Å². The van der Waals surface area contributed by atoms with Gasteiger partial charge in [-0.15, -0.1) is 0 Å². The van der Waals surface area contributed by atoms with E-state index in [-0.39, 0.29) is 17.7 Å². The van der Waals surface area contributed by atoms with Gasteiger partial charge in [0.2, 0.25) is 0 Å². The van der Waals surface area contributed by atoms with Crippen molar-refractivity contribution in [1.82, 2.24) is 0 Å². The quantitative estimate of drug-likeness (QED) is 0.934. The number of nitriles is 1. The lowest BCUT2D eigenvalue weighted by Gasteiger charge is -2.21. The van der Waals surface area contributed by atoms with E-state index < -0.39 is 0 Å². The molecule has 0 aromatic heterocycles. The topological polar surface area (TPSA) is 52.9 Å². The van der Waals surface area contributed by atoms with E-state index in [1.165, 1.54) is 0 Å². The van der Waals surface area contributed by atoms with E-state index in [4.69, 9.17) is 5.26 Å². The minimum Gasteiger partial charge on any atom is -0.377 e. The lowest BCUT2D eigenvalue weighted by molar-refractivity contribution is -0.115. The third-order valence-corrected chi connectivity index (χ3v) is 3.66. The molecule has 0 bridgehead atoms. The van der Waals surface area contributed by atoms with Crippen LogP contribution in [0.3, 0.4) is 0 Å². The molecule has 1 aliphatic carbocycles. The van der Waals surface area contributed by atoms with Crippen molar-refractivity contribution in [3.05, 3.63) is 77.9 Å². The molecule has 0 aliphatic heterocycles. The van der Waals surface area contributed by atoms with Crippen LogP contribution in [0.5, 0.6) is 0 Å². The summed E-state index contributed by atoms with van der Waals surface area (Å²) in [6.07, 6.45) is 3.48. The summed E-state index contributed by atoms with van der Waals surface area (Å²) in [4.78, 5) is 12.1. The molecule has 2 atom stereocenters. The van der Waals surface area contributed by atoms with Crippen LogP contribution in [0.1, 0.15) is 17.0 Å². The Morgan fingerprint density at radius 2 is 1.71 bits per heavy atom. The summed E-state index contributed by atoms with van der Waals surface area (Å²) < 4.78 is 0. The maximum absolute atomic E-state index is 12.1. The standard InChI is InChI=1S/C18H14N2O/c19-12-14-8-4-5-9-15(14)20-16-10-11-17(21)18(16)13-6-2-1-3-7-13/h1-11,16,18,20H/t16-,18+/m1/s1. The van der Waals surface area contributed by atoms with E-state index in [0.717, 1.165) is 11.3 Å². The van der Waals surface area contributed by atoms with Crippen molar-refractivity contribution in [3.63, 3.8) is 0 Å². The van der Waals surface area contributed by atoms with Crippen LogP contribution in [-0.4, -0.2) is 11.8 Å². The molecule has 0 heterocycles. The van der Waals surface area contributed by atoms with Crippen LogP contribution < -0.4 is 5.32 Å². The number of anilines is 1. The zero-order valence-corrected chi connectivity index (χ0v) is 11.4. The van der Waals surface area contributed by atoms with E-state index in [1.807, 2.05) is 54.6 Å². The second-order valence-corrected chi connectivity index (χ2v) is 4.98. The first-order valence-electron chi connectivity index (χ1n) is 6.82. The molecule has 3 nitrogen and oxygen atoms in total. The van der Waals surface area contributed by atoms with Gasteiger partial charge in [0.15, 0.2) is 5.78 Å². The van der Waals surface area contributed by atoms with Crippen molar-refractivity contribution in [2.75, 3.05) is 5.32 Å². The Bertz CT molecular complexity index is 728. The molecule has 0 spiro atoms. The second-order valence-electron chi connectivity index (χ2n) is 4.98. The summed E-state index contributed by atoms with van der Waals surface area (Å²) in [5.74, 6) is -0.147. The fourth-order valence-corrected chi connectivity index (χ4v) is 2.64. The predicted octanol–water partition coefficient (Wildman–Crippen LogP) is 3.26. The smallest absolute Gasteiger partial charge is 0.165 e. The number of rotatable bonds is 3. The van der Waals surface area contributed by atoms with Crippen molar-refractivity contribution in [1.29, 1.82) is 5.26 Å². The van der Waals surface area contributed by atoms with Gasteiger partial charge in [-0.3, -0.25) is 4.79 Å². The van der Waals surface area contributed by atoms with Crippen molar-refractivity contribution in [2.45, 2.75) is 12.0 Å². The van der Waals surface area contributed by atoms with Gasteiger partial charge in [-0.25, -0.2) is 0 Å². The van der Waals surface area contributed by atoms with Crippen molar-refractivity contribution >= 4 is 11.5 Å². The number of nitrogens with zero attached hydrogens (tertiary/aromatic N) is 1. The van der Waals surface area contributed by atoms with E-state index in [9.17, 15) is 4.79 Å². The zero-order chi connectivity index (χ0) is 14.7. The molecule has 2 aromatic rings. The third kappa shape index (κ3) is 2.56. The number of hydrogen-bond donors (Lipinski definition) is 1. The SMILES string of the molecule is N#Cc1ccccc1N[C@@H]1C=CC(=O)[C@H]1c1ccccc1. The number of ketones is 1. The minimum absolute atomic E-state index is 0.0909. The summed E-state index contributed by atoms with van der Waals surface area (Å²) in [7, 11) is 0. The molecule has 3 heteroatoms. The predicted molar refractivity (Wildman–Crippen MR) is 81.9 cm³/mol. The molecule has 1 aliphatic rings. The van der Waals surface area contributed by atoms with Gasteiger partial charge in [-0.05, 0) is 23.8 Å². The highest BCUT2D eigenvalue weighted by Gasteiger charge is 2.31. The Hall–Kier alpha value is -2.86. The van der Waals surface area contributed by atoms with Crippen molar-refractivity contribution in [3.8, 4) is 6.07 Å². The third-order valence-electron chi connectivity index (χ3n) is 3.66. The fraction of sp³-hybridized carbons (Fsp3) is 0.111. The molecule has 102 valence electrons. The number of hydrogen-bond acceptors (Lipinski definition) is 3. The molecule has 21 heavy (non-hydrogen) atoms. The van der Waals surface area contributed by atoms with Gasteiger partial charge < -0.3 is 5.32 Å². The molecule has 1 N–H and O–H groups in total. The summed E-state index contributed by atoms with van der Waals surface area (Å²) in [5.41, 5.74) is 2.32. The summed E-state index contributed by atoms with van der Waals surface area (Å²) in [5, 5.41) is 12.5. The highest BCUT2D eigenvalue weighted by molar-refractivity contribution is 5.99. The number of nitrogens with one attached hydrogen (secondary N) is 1. The largest absolute Gasteiger partial charge is 0.377 e. The summed E-state index contributed by atoms with van der Waals surface area (Å²) in [6.45, 7) is 0. The first-order valence-corrected chi connectivity index (χ1v) is 6.82. The van der Waals surface area contributed by atoms with Crippen LogP contribution in [-0.2, 0) is 4.79 Å². The Morgan fingerprint density at radius 3 is 2.48 bits per heavy atom. The number of carbonyl (C=O) groups excluding carboxylic acids is 1. The van der Waals surface area contributed by atoms with Gasteiger partial charge >= 0.3 is 0 Å². The van der Waals surface area contributed by atoms with Crippen LogP contribution in [0.25, 0.3) is 0 Å². The highest BCUT2D eigenvalue weighted by atomic mass is 16.1. The molecule has 0 saturated carbocycles. The highest BCUT2D eigenvalue weighted by Crippen LogP contribution is 2.30. The maximum Gasteiger partial charge on any atom is 0.165 e. The minimum atomic E-state index is -0.238. The zero-order valence-electron chi connectivity index (χ0n) is 11.4. The Morgan fingerprint density at radius 1 is 1.00 bits per heavy atom. The van der Waals surface area contributed by atoms with E-state index in [1.54, 1.807) is 12.1 Å². The molecule has 3 rings (SSSR count). The number of carbonyl (C=O) groups is 1. The number of benzene rings is 2. The van der Waals surface area contributed by atoms with Crippen LogP contribution in [0.15, 0.2) is 66.7 Å². The Labute approximate surface area is 123 Å². The molecular weight excluding hydrogens is 260 g/mol. The fourth-order valence-electron chi connectivity index (χ4n) is 2.64. The normalized spacial score (nSPS) is 20.2. The summed E-state index contributed by atoms with van der Waals surface area (Å²) >= 11 is 0. The number of para-hydroxylation sites is 1. The molecular formula is C18H14N2O. The first-order chi connectivity index (χ1) is 10.3. The van der Waals surface area contributed by atoms with Gasteiger partial charge in [0.1, 0.15) is 6.07 Å². The monoisotopic (exact) mass is 274 g/mol. The van der Waals surface area contributed by atoms with Crippen LogP contribution in [0, 0.1) is 11.3 Å². The van der Waals surface area contributed by atoms with Gasteiger partial charge in [0.05, 0.1) is 23.2 Å². The molecule has 0 unspecified atom stereocenters. The summed E-state index contributed by atoms with van der Waals surface area (Å²) in [6, 6.07) is 19.1. The van der Waals surface area contributed by atoms with Crippen molar-refractivity contribution < 1.29 is 4.79 Å². The van der Waals surface area contributed by atoms with Gasteiger partial charge in [-0.2, -0.15) is 5.26 Å². The molecule has 0 saturated heterocycles. The average Bonchev–Trinajstić information content (AvgIpc) is 2.89. The lowest BCUT2D eigenvalue weighted by Crippen LogP contribution is -2.26. The van der Waals surface area contributed by atoms with E-state index in [0.29, 0.717) is 5.56 Å². The van der Waals surface area contributed by atoms with Gasteiger partial charge in [0, 0.05) is 0 Å².